The van der Waals surface area contributed by atoms with Crippen molar-refractivity contribution in [3.8, 4) is 5.75 Å². The van der Waals surface area contributed by atoms with Crippen LogP contribution in [-0.2, 0) is 21.9 Å². The van der Waals surface area contributed by atoms with Crippen LogP contribution in [0.5, 0.6) is 5.75 Å². The van der Waals surface area contributed by atoms with E-state index in [-0.39, 0.29) is 29.9 Å². The highest BCUT2D eigenvalue weighted by molar-refractivity contribution is 7.99. The highest BCUT2D eigenvalue weighted by Gasteiger charge is 2.28. The first-order valence-corrected chi connectivity index (χ1v) is 11.1. The van der Waals surface area contributed by atoms with Gasteiger partial charge in [-0.2, -0.15) is 0 Å². The van der Waals surface area contributed by atoms with Gasteiger partial charge >= 0.3 is 0 Å². The minimum Gasteiger partial charge on any atom is -0.497 e. The largest absolute Gasteiger partial charge is 0.497 e. The number of hydrogen-bond acceptors (Lipinski definition) is 4. The van der Waals surface area contributed by atoms with Gasteiger partial charge in [0.05, 0.1) is 12.9 Å². The number of likely N-dealkylation sites (N-methyl/N-ethyl adjacent to an activating group) is 1. The maximum atomic E-state index is 14.0. The van der Waals surface area contributed by atoms with Gasteiger partial charge in [-0.3, -0.25) is 9.59 Å². The number of thioether (sulfide) groups is 1. The van der Waals surface area contributed by atoms with Gasteiger partial charge < -0.3 is 15.0 Å². The van der Waals surface area contributed by atoms with Gasteiger partial charge in [0.15, 0.2) is 0 Å². The van der Waals surface area contributed by atoms with E-state index in [2.05, 4.69) is 5.32 Å². The zero-order valence-corrected chi connectivity index (χ0v) is 18.9. The summed E-state index contributed by atoms with van der Waals surface area (Å²) in [5.74, 6) is 0.217. The molecule has 2 aromatic carbocycles. The van der Waals surface area contributed by atoms with Crippen molar-refractivity contribution in [2.24, 2.45) is 0 Å². The molecule has 1 unspecified atom stereocenters. The number of halogens is 2. The molecule has 8 heteroatoms. The summed E-state index contributed by atoms with van der Waals surface area (Å²) in [5, 5.41) is 2.96. The van der Waals surface area contributed by atoms with Crippen LogP contribution in [0.15, 0.2) is 42.5 Å². The highest BCUT2D eigenvalue weighted by atomic mass is 35.5. The molecule has 5 nitrogen and oxygen atoms in total. The van der Waals surface area contributed by atoms with E-state index >= 15 is 0 Å². The third-order valence-electron chi connectivity index (χ3n) is 4.65. The number of ether oxygens (including phenoxy) is 1. The molecule has 0 spiro atoms. The van der Waals surface area contributed by atoms with E-state index in [0.717, 1.165) is 5.56 Å². The van der Waals surface area contributed by atoms with E-state index in [4.69, 9.17) is 16.3 Å². The molecule has 0 aromatic heterocycles. The number of methoxy groups -OCH3 is 1. The van der Waals surface area contributed by atoms with E-state index in [1.165, 1.54) is 17.8 Å². The Balaban J connectivity index is 2.15. The number of nitrogens with zero attached hydrogens (tertiary/aromatic N) is 1. The molecule has 1 atom stereocenters. The smallest absolute Gasteiger partial charge is 0.242 e. The zero-order valence-electron chi connectivity index (χ0n) is 17.3. The van der Waals surface area contributed by atoms with Crippen LogP contribution < -0.4 is 10.1 Å². The predicted molar refractivity (Wildman–Crippen MR) is 119 cm³/mol. The molecule has 2 rings (SSSR count). The lowest BCUT2D eigenvalue weighted by atomic mass is 10.1. The molecular weight excluding hydrogens is 427 g/mol. The average Bonchev–Trinajstić information content (AvgIpc) is 2.75. The number of benzene rings is 2. The Kier molecular flexibility index (Phi) is 9.46. The normalized spacial score (nSPS) is 11.6. The van der Waals surface area contributed by atoms with Gasteiger partial charge in [-0.25, -0.2) is 4.39 Å². The molecule has 1 N–H and O–H groups in total. The number of nitrogens with one attached hydrogen (secondary N) is 1. The molecule has 2 amide bonds. The van der Waals surface area contributed by atoms with Crippen LogP contribution in [0, 0.1) is 5.82 Å². The van der Waals surface area contributed by atoms with E-state index in [1.54, 1.807) is 31.2 Å². The number of carbonyl (C=O) groups is 2. The van der Waals surface area contributed by atoms with Crippen LogP contribution >= 0.6 is 23.4 Å². The van der Waals surface area contributed by atoms with Crippen molar-refractivity contribution in [3.63, 3.8) is 0 Å². The standard InChI is InChI=1S/C22H26ClFN2O3S/c1-4-20(22(28)25-2)26(12-15-7-5-8-16(11-15)29-3)21(27)14-30-13-17-18(23)9-6-10-19(17)24/h5-11,20H,4,12-14H2,1-3H3,(H,25,28). The molecule has 0 aliphatic heterocycles. The zero-order chi connectivity index (χ0) is 22.1. The van der Waals surface area contributed by atoms with Crippen molar-refractivity contribution in [3.05, 3.63) is 64.4 Å². The summed E-state index contributed by atoms with van der Waals surface area (Å²) in [4.78, 5) is 27.0. The van der Waals surface area contributed by atoms with Gasteiger partial charge in [0.2, 0.25) is 11.8 Å². The maximum Gasteiger partial charge on any atom is 0.242 e. The molecule has 0 aliphatic rings. The Morgan fingerprint density at radius 3 is 2.63 bits per heavy atom. The topological polar surface area (TPSA) is 58.6 Å². The van der Waals surface area contributed by atoms with Crippen LogP contribution in [0.2, 0.25) is 5.02 Å². The minimum absolute atomic E-state index is 0.0993. The van der Waals surface area contributed by atoms with Crippen molar-refractivity contribution < 1.29 is 18.7 Å². The third-order valence-corrected chi connectivity index (χ3v) is 5.95. The van der Waals surface area contributed by atoms with Crippen LogP contribution in [0.3, 0.4) is 0 Å². The molecule has 0 heterocycles. The lowest BCUT2D eigenvalue weighted by Gasteiger charge is -2.30. The van der Waals surface area contributed by atoms with Gasteiger partial charge in [0.25, 0.3) is 0 Å². The molecule has 0 bridgehead atoms. The predicted octanol–water partition coefficient (Wildman–Crippen LogP) is 4.27. The summed E-state index contributed by atoms with van der Waals surface area (Å²) in [5.41, 5.74) is 1.22. The SMILES string of the molecule is CCC(C(=O)NC)N(Cc1cccc(OC)c1)C(=O)CSCc1c(F)cccc1Cl. The number of carbonyl (C=O) groups excluding carboxylic acids is 2. The Bertz CT molecular complexity index is 861. The van der Waals surface area contributed by atoms with Crippen molar-refractivity contribution in [2.45, 2.75) is 31.7 Å². The van der Waals surface area contributed by atoms with Crippen LogP contribution in [0.25, 0.3) is 0 Å². The minimum atomic E-state index is -0.605. The Labute approximate surface area is 185 Å². The summed E-state index contributed by atoms with van der Waals surface area (Å²) in [7, 11) is 3.13. The van der Waals surface area contributed by atoms with E-state index in [9.17, 15) is 14.0 Å². The second-order valence-corrected chi connectivity index (χ2v) is 8.00. The second-order valence-electron chi connectivity index (χ2n) is 6.60. The van der Waals surface area contributed by atoms with Gasteiger partial charge in [-0.15, -0.1) is 11.8 Å². The lowest BCUT2D eigenvalue weighted by molar-refractivity contribution is -0.139. The lowest BCUT2D eigenvalue weighted by Crippen LogP contribution is -2.48. The van der Waals surface area contributed by atoms with Gasteiger partial charge in [0, 0.05) is 29.9 Å². The fraction of sp³-hybridized carbons (Fsp3) is 0.364. The van der Waals surface area contributed by atoms with Crippen molar-refractivity contribution >= 4 is 35.2 Å². The quantitative estimate of drug-likeness (QED) is 0.584. The first-order valence-electron chi connectivity index (χ1n) is 9.55. The molecule has 2 aromatic rings. The number of rotatable bonds is 10. The van der Waals surface area contributed by atoms with Gasteiger partial charge in [-0.05, 0) is 36.2 Å². The monoisotopic (exact) mass is 452 g/mol. The van der Waals surface area contributed by atoms with Crippen molar-refractivity contribution in [1.82, 2.24) is 10.2 Å². The van der Waals surface area contributed by atoms with E-state index < -0.39 is 11.9 Å². The molecule has 0 saturated heterocycles. The fourth-order valence-electron chi connectivity index (χ4n) is 3.05. The Morgan fingerprint density at radius 2 is 2.00 bits per heavy atom. The summed E-state index contributed by atoms with van der Waals surface area (Å²) in [6, 6.07) is 11.3. The van der Waals surface area contributed by atoms with Crippen molar-refractivity contribution in [1.29, 1.82) is 0 Å². The Morgan fingerprint density at radius 1 is 1.27 bits per heavy atom. The summed E-state index contributed by atoms with van der Waals surface area (Å²) >= 11 is 7.33. The van der Waals surface area contributed by atoms with Crippen molar-refractivity contribution in [2.75, 3.05) is 19.9 Å². The fourth-order valence-corrected chi connectivity index (χ4v) is 4.30. The third kappa shape index (κ3) is 6.37. The first kappa shape index (κ1) is 24.0. The molecular formula is C22H26ClFN2O3S. The van der Waals surface area contributed by atoms with Crippen LogP contribution in [-0.4, -0.2) is 42.7 Å². The number of hydrogen-bond donors (Lipinski definition) is 1. The molecule has 0 radical (unpaired) electrons. The molecule has 0 fully saturated rings. The molecule has 30 heavy (non-hydrogen) atoms. The second kappa shape index (κ2) is 11.8. The van der Waals surface area contributed by atoms with Gasteiger partial charge in [0.1, 0.15) is 17.6 Å². The van der Waals surface area contributed by atoms with Crippen LogP contribution in [0.1, 0.15) is 24.5 Å². The molecule has 0 aliphatic carbocycles. The van der Waals surface area contributed by atoms with E-state index in [1.807, 2.05) is 31.2 Å². The van der Waals surface area contributed by atoms with E-state index in [0.29, 0.717) is 22.8 Å². The number of amides is 2. The summed E-state index contributed by atoms with van der Waals surface area (Å²) < 4.78 is 19.2. The Hall–Kier alpha value is -2.25. The highest BCUT2D eigenvalue weighted by Crippen LogP contribution is 2.25. The first-order chi connectivity index (χ1) is 14.4. The summed E-state index contributed by atoms with van der Waals surface area (Å²) in [6.45, 7) is 2.13. The maximum absolute atomic E-state index is 14.0. The average molecular weight is 453 g/mol. The molecule has 162 valence electrons. The summed E-state index contributed by atoms with van der Waals surface area (Å²) in [6.07, 6.45) is 0.471. The van der Waals surface area contributed by atoms with Crippen LogP contribution in [0.4, 0.5) is 4.39 Å². The molecule has 0 saturated carbocycles. The van der Waals surface area contributed by atoms with Gasteiger partial charge in [-0.1, -0.05) is 36.7 Å².